The Morgan fingerprint density at radius 3 is 2.47 bits per heavy atom. The van der Waals surface area contributed by atoms with E-state index in [0.29, 0.717) is 0 Å². The van der Waals surface area contributed by atoms with Crippen LogP contribution < -0.4 is 4.74 Å². The molecule has 0 aromatic heterocycles. The molecular formula is C16H22O3. The van der Waals surface area contributed by atoms with Crippen LogP contribution in [0, 0.1) is 26.7 Å². The summed E-state index contributed by atoms with van der Waals surface area (Å²) in [5.74, 6) is 0.550. The Bertz CT molecular complexity index is 456. The third-order valence-electron chi connectivity index (χ3n) is 3.85. The molecule has 3 heteroatoms. The molecule has 19 heavy (non-hydrogen) atoms. The summed E-state index contributed by atoms with van der Waals surface area (Å²) in [4.78, 5) is 10.7. The zero-order chi connectivity index (χ0) is 14.0. The van der Waals surface area contributed by atoms with Crippen molar-refractivity contribution < 1.29 is 14.6 Å². The fourth-order valence-corrected chi connectivity index (χ4v) is 3.09. The Balaban J connectivity index is 2.01. The molecule has 1 N–H and O–H groups in total. The van der Waals surface area contributed by atoms with E-state index in [1.165, 1.54) is 16.7 Å². The standard InChI is InChI=1S/C16H22O3/c1-10-6-11(2)16(12(3)7-10)19-14-5-4-13(8-14)9-15(17)18/h6-7,13-14H,4-5,8-9H2,1-3H3,(H,17,18). The lowest BCUT2D eigenvalue weighted by molar-refractivity contribution is -0.138. The minimum atomic E-state index is -0.701. The first-order valence-corrected chi connectivity index (χ1v) is 6.92. The highest BCUT2D eigenvalue weighted by atomic mass is 16.5. The fourth-order valence-electron chi connectivity index (χ4n) is 3.09. The van der Waals surface area contributed by atoms with E-state index in [-0.39, 0.29) is 18.4 Å². The van der Waals surface area contributed by atoms with Crippen LogP contribution in [0.4, 0.5) is 0 Å². The van der Waals surface area contributed by atoms with Crippen LogP contribution in [0.25, 0.3) is 0 Å². The molecule has 1 fully saturated rings. The molecule has 0 amide bonds. The van der Waals surface area contributed by atoms with Crippen LogP contribution in [0.15, 0.2) is 12.1 Å². The fraction of sp³-hybridized carbons (Fsp3) is 0.562. The molecule has 0 spiro atoms. The van der Waals surface area contributed by atoms with E-state index in [9.17, 15) is 4.79 Å². The molecule has 1 aliphatic carbocycles. The summed E-state index contributed by atoms with van der Waals surface area (Å²) < 4.78 is 6.11. The molecule has 0 aliphatic heterocycles. The molecule has 1 aromatic carbocycles. The maximum atomic E-state index is 10.7. The average Bonchev–Trinajstić information content (AvgIpc) is 2.70. The quantitative estimate of drug-likeness (QED) is 0.901. The smallest absolute Gasteiger partial charge is 0.303 e. The van der Waals surface area contributed by atoms with Gasteiger partial charge >= 0.3 is 5.97 Å². The zero-order valence-electron chi connectivity index (χ0n) is 11.9. The van der Waals surface area contributed by atoms with E-state index in [4.69, 9.17) is 9.84 Å². The van der Waals surface area contributed by atoms with Gasteiger partial charge in [-0.2, -0.15) is 0 Å². The molecule has 104 valence electrons. The number of carboxylic acids is 1. The van der Waals surface area contributed by atoms with Crippen LogP contribution in [0.1, 0.15) is 42.4 Å². The van der Waals surface area contributed by atoms with Crippen LogP contribution in [-0.4, -0.2) is 17.2 Å². The van der Waals surface area contributed by atoms with E-state index in [2.05, 4.69) is 32.9 Å². The molecule has 0 heterocycles. The first kappa shape index (κ1) is 13.9. The van der Waals surface area contributed by atoms with Crippen molar-refractivity contribution in [1.82, 2.24) is 0 Å². The molecule has 2 atom stereocenters. The number of carboxylic acid groups (broad SMARTS) is 1. The molecule has 0 bridgehead atoms. The number of hydrogen-bond donors (Lipinski definition) is 1. The van der Waals surface area contributed by atoms with Gasteiger partial charge in [0.05, 0.1) is 6.10 Å². The highest BCUT2D eigenvalue weighted by Crippen LogP contribution is 2.34. The van der Waals surface area contributed by atoms with Gasteiger partial charge in [0.15, 0.2) is 0 Å². The lowest BCUT2D eigenvalue weighted by atomic mass is 10.0. The topological polar surface area (TPSA) is 46.5 Å². The van der Waals surface area contributed by atoms with Gasteiger partial charge in [-0.1, -0.05) is 17.7 Å². The summed E-state index contributed by atoms with van der Waals surface area (Å²) in [6, 6.07) is 4.26. The molecular weight excluding hydrogens is 240 g/mol. The van der Waals surface area contributed by atoms with Crippen molar-refractivity contribution in [3.63, 3.8) is 0 Å². The van der Waals surface area contributed by atoms with Crippen molar-refractivity contribution >= 4 is 5.97 Å². The maximum absolute atomic E-state index is 10.7. The monoisotopic (exact) mass is 262 g/mol. The van der Waals surface area contributed by atoms with Gasteiger partial charge in [-0.25, -0.2) is 0 Å². The molecule has 2 unspecified atom stereocenters. The Hall–Kier alpha value is -1.51. The zero-order valence-corrected chi connectivity index (χ0v) is 11.9. The van der Waals surface area contributed by atoms with Crippen LogP contribution in [0.5, 0.6) is 5.75 Å². The molecule has 1 saturated carbocycles. The van der Waals surface area contributed by atoms with Crippen molar-refractivity contribution in [1.29, 1.82) is 0 Å². The molecule has 2 rings (SSSR count). The summed E-state index contributed by atoms with van der Waals surface area (Å²) in [6.07, 6.45) is 3.22. The highest BCUT2D eigenvalue weighted by molar-refractivity contribution is 5.67. The predicted molar refractivity (Wildman–Crippen MR) is 74.7 cm³/mol. The van der Waals surface area contributed by atoms with Gasteiger partial charge in [-0.05, 0) is 57.1 Å². The maximum Gasteiger partial charge on any atom is 0.303 e. The summed E-state index contributed by atoms with van der Waals surface area (Å²) in [7, 11) is 0. The molecule has 0 radical (unpaired) electrons. The predicted octanol–water partition coefficient (Wildman–Crippen LogP) is 3.63. The van der Waals surface area contributed by atoms with Crippen molar-refractivity contribution in [2.75, 3.05) is 0 Å². The van der Waals surface area contributed by atoms with Gasteiger partial charge in [0, 0.05) is 6.42 Å². The van der Waals surface area contributed by atoms with Gasteiger partial charge in [0.1, 0.15) is 5.75 Å². The molecule has 3 nitrogen and oxygen atoms in total. The van der Waals surface area contributed by atoms with E-state index in [0.717, 1.165) is 25.0 Å². The number of ether oxygens (including phenoxy) is 1. The minimum absolute atomic E-state index is 0.171. The van der Waals surface area contributed by atoms with Crippen molar-refractivity contribution in [2.24, 2.45) is 5.92 Å². The van der Waals surface area contributed by atoms with Gasteiger partial charge < -0.3 is 9.84 Å². The van der Waals surface area contributed by atoms with Gasteiger partial charge in [0.25, 0.3) is 0 Å². The first-order valence-electron chi connectivity index (χ1n) is 6.92. The Kier molecular flexibility index (Phi) is 4.13. The number of hydrogen-bond acceptors (Lipinski definition) is 2. The van der Waals surface area contributed by atoms with Gasteiger partial charge in [-0.3, -0.25) is 4.79 Å². The van der Waals surface area contributed by atoms with Crippen LogP contribution >= 0.6 is 0 Å². The third-order valence-corrected chi connectivity index (χ3v) is 3.85. The van der Waals surface area contributed by atoms with E-state index in [1.54, 1.807) is 0 Å². The SMILES string of the molecule is Cc1cc(C)c(OC2CCC(CC(=O)O)C2)c(C)c1. The minimum Gasteiger partial charge on any atom is -0.490 e. The lowest BCUT2D eigenvalue weighted by Crippen LogP contribution is -2.14. The number of aryl methyl sites for hydroxylation is 3. The summed E-state index contributed by atoms with van der Waals surface area (Å²) >= 11 is 0. The van der Waals surface area contributed by atoms with Gasteiger partial charge in [0.2, 0.25) is 0 Å². The average molecular weight is 262 g/mol. The van der Waals surface area contributed by atoms with Gasteiger partial charge in [-0.15, -0.1) is 0 Å². The number of benzene rings is 1. The second kappa shape index (κ2) is 5.64. The van der Waals surface area contributed by atoms with Crippen LogP contribution in [0.2, 0.25) is 0 Å². The van der Waals surface area contributed by atoms with Crippen molar-refractivity contribution in [3.8, 4) is 5.75 Å². The number of carbonyl (C=O) groups is 1. The second-order valence-corrected chi connectivity index (χ2v) is 5.74. The van der Waals surface area contributed by atoms with E-state index in [1.807, 2.05) is 0 Å². The Morgan fingerprint density at radius 1 is 1.26 bits per heavy atom. The van der Waals surface area contributed by atoms with Crippen molar-refractivity contribution in [2.45, 2.75) is 52.6 Å². The summed E-state index contributed by atoms with van der Waals surface area (Å²) in [5.41, 5.74) is 3.58. The largest absolute Gasteiger partial charge is 0.490 e. The summed E-state index contributed by atoms with van der Waals surface area (Å²) in [5, 5.41) is 8.83. The normalized spacial score (nSPS) is 22.5. The van der Waals surface area contributed by atoms with E-state index < -0.39 is 5.97 Å². The second-order valence-electron chi connectivity index (χ2n) is 5.74. The number of rotatable bonds is 4. The lowest BCUT2D eigenvalue weighted by Gasteiger charge is -2.18. The molecule has 0 saturated heterocycles. The first-order chi connectivity index (χ1) is 8.95. The highest BCUT2D eigenvalue weighted by Gasteiger charge is 2.28. The third kappa shape index (κ3) is 3.49. The molecule has 1 aromatic rings. The Labute approximate surface area is 114 Å². The van der Waals surface area contributed by atoms with Crippen molar-refractivity contribution in [3.05, 3.63) is 28.8 Å². The summed E-state index contributed by atoms with van der Waals surface area (Å²) in [6.45, 7) is 6.22. The van der Waals surface area contributed by atoms with E-state index >= 15 is 0 Å². The van der Waals surface area contributed by atoms with Crippen LogP contribution in [-0.2, 0) is 4.79 Å². The number of aliphatic carboxylic acids is 1. The van der Waals surface area contributed by atoms with Crippen LogP contribution in [0.3, 0.4) is 0 Å². The Morgan fingerprint density at radius 2 is 1.89 bits per heavy atom. The molecule has 1 aliphatic rings.